The number of rotatable bonds is 6. The van der Waals surface area contributed by atoms with E-state index in [2.05, 4.69) is 29.3 Å². The van der Waals surface area contributed by atoms with Gasteiger partial charge in [-0.1, -0.05) is 44.0 Å². The minimum absolute atomic E-state index is 0.113. The van der Waals surface area contributed by atoms with Crippen LogP contribution in [0.3, 0.4) is 0 Å². The molecule has 2 aromatic rings. The Morgan fingerprint density at radius 3 is 2.00 bits per heavy atom. The standard InChI is InChI=1S/C23H25F3N2/c1-2-3-16-4-8-19(9-5-16)20-10-6-17(7-11-20)14-27-28-15-18-12-21(24)23(26)22(25)13-18/h6-7,10-16,19H,2-5,8-9H2,1H3/b27-14+,28-15+. The van der Waals surface area contributed by atoms with Gasteiger partial charge in [-0.3, -0.25) is 0 Å². The van der Waals surface area contributed by atoms with Gasteiger partial charge < -0.3 is 0 Å². The maximum atomic E-state index is 13.2. The Morgan fingerprint density at radius 1 is 0.857 bits per heavy atom. The fourth-order valence-electron chi connectivity index (χ4n) is 3.90. The number of hydrogen-bond acceptors (Lipinski definition) is 2. The summed E-state index contributed by atoms with van der Waals surface area (Å²) in [6, 6.07) is 10.0. The Hall–Kier alpha value is -2.43. The molecule has 1 fully saturated rings. The van der Waals surface area contributed by atoms with Crippen molar-refractivity contribution in [2.75, 3.05) is 0 Å². The van der Waals surface area contributed by atoms with E-state index < -0.39 is 17.5 Å². The van der Waals surface area contributed by atoms with Gasteiger partial charge in [0.15, 0.2) is 17.5 Å². The Bertz CT molecular complexity index is 812. The van der Waals surface area contributed by atoms with Crippen molar-refractivity contribution in [1.82, 2.24) is 0 Å². The molecule has 1 aliphatic rings. The number of nitrogens with zero attached hydrogens (tertiary/aromatic N) is 2. The molecule has 2 aromatic carbocycles. The zero-order valence-electron chi connectivity index (χ0n) is 16.0. The monoisotopic (exact) mass is 386 g/mol. The van der Waals surface area contributed by atoms with Gasteiger partial charge in [-0.05, 0) is 60.8 Å². The lowest BCUT2D eigenvalue weighted by Gasteiger charge is -2.28. The molecule has 2 nitrogen and oxygen atoms in total. The third-order valence-corrected chi connectivity index (χ3v) is 5.44. The molecule has 1 aliphatic carbocycles. The molecule has 1 saturated carbocycles. The third kappa shape index (κ3) is 5.31. The number of halogens is 3. The van der Waals surface area contributed by atoms with Crippen molar-refractivity contribution in [1.29, 1.82) is 0 Å². The molecular formula is C23H25F3N2. The topological polar surface area (TPSA) is 24.7 Å². The van der Waals surface area contributed by atoms with Crippen molar-refractivity contribution >= 4 is 12.4 Å². The van der Waals surface area contributed by atoms with Crippen molar-refractivity contribution in [3.8, 4) is 0 Å². The first-order valence-electron chi connectivity index (χ1n) is 9.87. The Morgan fingerprint density at radius 2 is 1.43 bits per heavy atom. The lowest BCUT2D eigenvalue weighted by Crippen LogP contribution is -2.13. The second-order valence-electron chi connectivity index (χ2n) is 7.46. The molecule has 0 heterocycles. The maximum Gasteiger partial charge on any atom is 0.194 e. The molecule has 0 atom stereocenters. The van der Waals surface area contributed by atoms with E-state index in [4.69, 9.17) is 0 Å². The Labute approximate surface area is 164 Å². The SMILES string of the molecule is CCCC1CCC(c2ccc(/C=N/N=C/c3cc(F)c(F)c(F)c3)cc2)CC1. The first-order chi connectivity index (χ1) is 13.6. The van der Waals surface area contributed by atoms with E-state index in [9.17, 15) is 13.2 Å². The van der Waals surface area contributed by atoms with Gasteiger partial charge in [0.05, 0.1) is 12.4 Å². The highest BCUT2D eigenvalue weighted by atomic mass is 19.2. The summed E-state index contributed by atoms with van der Waals surface area (Å²) in [4.78, 5) is 0. The maximum absolute atomic E-state index is 13.2. The molecule has 3 rings (SSSR count). The predicted octanol–water partition coefficient (Wildman–Crippen LogP) is 6.63. The van der Waals surface area contributed by atoms with Crippen LogP contribution < -0.4 is 0 Å². The quantitative estimate of drug-likeness (QED) is 0.302. The van der Waals surface area contributed by atoms with Crippen molar-refractivity contribution in [3.05, 3.63) is 70.5 Å². The third-order valence-electron chi connectivity index (χ3n) is 5.44. The van der Waals surface area contributed by atoms with E-state index >= 15 is 0 Å². The van der Waals surface area contributed by atoms with Crippen molar-refractivity contribution in [2.45, 2.75) is 51.4 Å². The van der Waals surface area contributed by atoms with Gasteiger partial charge in [0.2, 0.25) is 0 Å². The Balaban J connectivity index is 1.56. The summed E-state index contributed by atoms with van der Waals surface area (Å²) in [7, 11) is 0. The zero-order chi connectivity index (χ0) is 19.9. The van der Waals surface area contributed by atoms with Crippen LogP contribution in [-0.4, -0.2) is 12.4 Å². The highest BCUT2D eigenvalue weighted by Gasteiger charge is 2.21. The second-order valence-corrected chi connectivity index (χ2v) is 7.46. The highest BCUT2D eigenvalue weighted by Crippen LogP contribution is 2.37. The smallest absolute Gasteiger partial charge is 0.194 e. The zero-order valence-corrected chi connectivity index (χ0v) is 16.0. The predicted molar refractivity (Wildman–Crippen MR) is 108 cm³/mol. The lowest BCUT2D eigenvalue weighted by atomic mass is 9.77. The van der Waals surface area contributed by atoms with Crippen LogP contribution in [-0.2, 0) is 0 Å². The molecule has 5 heteroatoms. The minimum atomic E-state index is -1.49. The van der Waals surface area contributed by atoms with E-state index in [1.807, 2.05) is 12.1 Å². The summed E-state index contributed by atoms with van der Waals surface area (Å²) < 4.78 is 39.2. The van der Waals surface area contributed by atoms with Crippen LogP contribution in [0.25, 0.3) is 0 Å². The van der Waals surface area contributed by atoms with Crippen LogP contribution in [0.15, 0.2) is 46.6 Å². The lowest BCUT2D eigenvalue weighted by molar-refractivity contribution is 0.308. The largest absolute Gasteiger partial charge is 0.204 e. The van der Waals surface area contributed by atoms with E-state index in [0.717, 1.165) is 23.6 Å². The van der Waals surface area contributed by atoms with Gasteiger partial charge in [-0.2, -0.15) is 10.2 Å². The molecule has 0 aliphatic heterocycles. The number of benzene rings is 2. The van der Waals surface area contributed by atoms with Gasteiger partial charge in [0.1, 0.15) is 0 Å². The summed E-state index contributed by atoms with van der Waals surface area (Å²) in [6.45, 7) is 2.26. The van der Waals surface area contributed by atoms with Crippen LogP contribution in [0.2, 0.25) is 0 Å². The van der Waals surface area contributed by atoms with Crippen LogP contribution in [0.4, 0.5) is 13.2 Å². The molecule has 0 saturated heterocycles. The van der Waals surface area contributed by atoms with Crippen LogP contribution >= 0.6 is 0 Å². The van der Waals surface area contributed by atoms with Gasteiger partial charge in [0, 0.05) is 5.56 Å². The van der Waals surface area contributed by atoms with Crippen molar-refractivity contribution < 1.29 is 13.2 Å². The average molecular weight is 386 g/mol. The van der Waals surface area contributed by atoms with Crippen molar-refractivity contribution in [2.24, 2.45) is 16.1 Å². The van der Waals surface area contributed by atoms with E-state index in [1.54, 1.807) is 6.21 Å². The summed E-state index contributed by atoms with van der Waals surface area (Å²) >= 11 is 0. The Kier molecular flexibility index (Phi) is 7.01. The summed E-state index contributed by atoms with van der Waals surface area (Å²) in [6.07, 6.45) is 10.5. The van der Waals surface area contributed by atoms with Crippen molar-refractivity contribution in [3.63, 3.8) is 0 Å². The van der Waals surface area contributed by atoms with Gasteiger partial charge in [-0.15, -0.1) is 0 Å². The molecule has 0 bridgehead atoms. The summed E-state index contributed by atoms with van der Waals surface area (Å²) in [5.41, 5.74) is 2.38. The molecule has 0 radical (unpaired) electrons. The van der Waals surface area contributed by atoms with Gasteiger partial charge in [0.25, 0.3) is 0 Å². The first-order valence-corrected chi connectivity index (χ1v) is 9.87. The average Bonchev–Trinajstić information content (AvgIpc) is 2.71. The summed E-state index contributed by atoms with van der Waals surface area (Å²) in [5, 5.41) is 7.67. The minimum Gasteiger partial charge on any atom is -0.204 e. The second kappa shape index (κ2) is 9.67. The molecule has 0 amide bonds. The fraction of sp³-hybridized carbons (Fsp3) is 0.391. The first kappa shape index (κ1) is 20.3. The molecule has 0 spiro atoms. The normalized spacial score (nSPS) is 20.3. The molecule has 148 valence electrons. The summed E-state index contributed by atoms with van der Waals surface area (Å²) in [5.74, 6) is -2.44. The van der Waals surface area contributed by atoms with E-state index in [-0.39, 0.29) is 5.56 Å². The van der Waals surface area contributed by atoms with E-state index in [1.165, 1.54) is 50.3 Å². The van der Waals surface area contributed by atoms with E-state index in [0.29, 0.717) is 5.92 Å². The van der Waals surface area contributed by atoms with Crippen LogP contribution in [0, 0.1) is 23.4 Å². The number of hydrogen-bond donors (Lipinski definition) is 0. The van der Waals surface area contributed by atoms with Crippen LogP contribution in [0.1, 0.15) is 68.1 Å². The molecule has 0 aromatic heterocycles. The fourth-order valence-corrected chi connectivity index (χ4v) is 3.90. The van der Waals surface area contributed by atoms with Crippen LogP contribution in [0.5, 0.6) is 0 Å². The highest BCUT2D eigenvalue weighted by molar-refractivity contribution is 5.82. The van der Waals surface area contributed by atoms with Gasteiger partial charge in [-0.25, -0.2) is 13.2 Å². The molecule has 28 heavy (non-hydrogen) atoms. The molecular weight excluding hydrogens is 361 g/mol. The molecule has 0 unspecified atom stereocenters. The molecule has 0 N–H and O–H groups in total. The van der Waals surface area contributed by atoms with Gasteiger partial charge >= 0.3 is 0 Å².